The number of methoxy groups -OCH3 is 1. The maximum atomic E-state index is 13.6. The smallest absolute Gasteiger partial charge is 0.338 e. The van der Waals surface area contributed by atoms with Gasteiger partial charge in [-0.15, -0.1) is 0 Å². The Morgan fingerprint density at radius 1 is 0.912 bits per heavy atom. The highest BCUT2D eigenvalue weighted by molar-refractivity contribution is 7.92. The minimum Gasteiger partial charge on any atom is -0.452 e. The van der Waals surface area contributed by atoms with Crippen LogP contribution in [0.3, 0.4) is 0 Å². The first-order valence-electron chi connectivity index (χ1n) is 10.6. The van der Waals surface area contributed by atoms with Crippen molar-refractivity contribution in [2.75, 3.05) is 31.2 Å². The first kappa shape index (κ1) is 24.9. The van der Waals surface area contributed by atoms with E-state index in [4.69, 9.17) is 9.47 Å². The molecule has 0 atom stereocenters. The molecule has 3 rings (SSSR count). The lowest BCUT2D eigenvalue weighted by molar-refractivity contribution is -0.124. The summed E-state index contributed by atoms with van der Waals surface area (Å²) in [5, 5.41) is 2.54. The number of para-hydroxylation sites is 1. The second-order valence-electron chi connectivity index (χ2n) is 7.28. The van der Waals surface area contributed by atoms with E-state index in [0.717, 1.165) is 5.56 Å². The fourth-order valence-electron chi connectivity index (χ4n) is 3.13. The van der Waals surface area contributed by atoms with Crippen molar-refractivity contribution in [3.8, 4) is 0 Å². The number of anilines is 1. The van der Waals surface area contributed by atoms with E-state index < -0.39 is 28.5 Å². The van der Waals surface area contributed by atoms with Gasteiger partial charge in [-0.2, -0.15) is 0 Å². The lowest BCUT2D eigenvalue weighted by Crippen LogP contribution is -2.31. The number of nitrogens with zero attached hydrogens (tertiary/aromatic N) is 1. The number of ether oxygens (including phenoxy) is 2. The van der Waals surface area contributed by atoms with Crippen LogP contribution < -0.4 is 9.62 Å². The largest absolute Gasteiger partial charge is 0.452 e. The van der Waals surface area contributed by atoms with E-state index in [9.17, 15) is 18.0 Å². The molecule has 3 aromatic carbocycles. The Morgan fingerprint density at radius 2 is 1.59 bits per heavy atom. The Hall–Kier alpha value is -3.69. The van der Waals surface area contributed by atoms with E-state index in [0.29, 0.717) is 12.3 Å². The van der Waals surface area contributed by atoms with Crippen LogP contribution in [-0.2, 0) is 30.8 Å². The standard InChI is InChI=1S/C25H26N2O6S/c1-32-16-15-26-24(28)19-33-25(29)21-11-8-14-23(17-21)34(30,31)27(22-12-6-3-7-13-22)18-20-9-4-2-5-10-20/h2-14,17H,15-16,18-19H2,1H3,(H,26,28). The van der Waals surface area contributed by atoms with Crippen LogP contribution in [0.2, 0.25) is 0 Å². The van der Waals surface area contributed by atoms with Crippen molar-refractivity contribution in [2.45, 2.75) is 11.4 Å². The zero-order valence-corrected chi connectivity index (χ0v) is 19.5. The Bertz CT molecular complexity index is 1200. The lowest BCUT2D eigenvalue weighted by atomic mass is 10.2. The molecular formula is C25H26N2O6S. The number of carbonyl (C=O) groups is 2. The molecule has 0 aliphatic rings. The maximum Gasteiger partial charge on any atom is 0.338 e. The Labute approximate surface area is 199 Å². The minimum atomic E-state index is -4.02. The van der Waals surface area contributed by atoms with E-state index in [2.05, 4.69) is 5.32 Å². The van der Waals surface area contributed by atoms with Gasteiger partial charge in [0.2, 0.25) is 0 Å². The van der Waals surface area contributed by atoms with Crippen LogP contribution in [0.25, 0.3) is 0 Å². The zero-order chi connectivity index (χ0) is 24.4. The van der Waals surface area contributed by atoms with Crippen LogP contribution in [0.4, 0.5) is 5.69 Å². The van der Waals surface area contributed by atoms with E-state index in [1.165, 1.54) is 35.7 Å². The number of carbonyl (C=O) groups excluding carboxylic acids is 2. The van der Waals surface area contributed by atoms with Gasteiger partial charge >= 0.3 is 5.97 Å². The van der Waals surface area contributed by atoms with E-state index in [1.54, 1.807) is 30.3 Å². The number of amides is 1. The van der Waals surface area contributed by atoms with Crippen molar-refractivity contribution < 1.29 is 27.5 Å². The molecule has 0 spiro atoms. The second-order valence-corrected chi connectivity index (χ2v) is 9.14. The van der Waals surface area contributed by atoms with Crippen LogP contribution in [-0.4, -0.2) is 47.2 Å². The van der Waals surface area contributed by atoms with Crippen molar-refractivity contribution in [3.05, 3.63) is 96.1 Å². The van der Waals surface area contributed by atoms with Gasteiger partial charge in [0.15, 0.2) is 6.61 Å². The van der Waals surface area contributed by atoms with Crippen molar-refractivity contribution in [2.24, 2.45) is 0 Å². The number of hydrogen-bond acceptors (Lipinski definition) is 6. The molecule has 1 N–H and O–H groups in total. The molecule has 0 aliphatic carbocycles. The molecule has 0 heterocycles. The van der Waals surface area contributed by atoms with Gasteiger partial charge in [0.25, 0.3) is 15.9 Å². The number of sulfonamides is 1. The molecule has 3 aromatic rings. The van der Waals surface area contributed by atoms with Crippen LogP contribution in [0, 0.1) is 0 Å². The highest BCUT2D eigenvalue weighted by atomic mass is 32.2. The van der Waals surface area contributed by atoms with Crippen molar-refractivity contribution in [1.82, 2.24) is 5.32 Å². The van der Waals surface area contributed by atoms with Gasteiger partial charge in [0, 0.05) is 13.7 Å². The molecule has 0 fully saturated rings. The Balaban J connectivity index is 1.82. The van der Waals surface area contributed by atoms with Gasteiger partial charge in [0.1, 0.15) is 0 Å². The van der Waals surface area contributed by atoms with Crippen LogP contribution in [0.5, 0.6) is 0 Å². The average molecular weight is 483 g/mol. The van der Waals surface area contributed by atoms with Gasteiger partial charge in [0.05, 0.1) is 29.3 Å². The summed E-state index contributed by atoms with van der Waals surface area (Å²) in [4.78, 5) is 24.1. The molecule has 34 heavy (non-hydrogen) atoms. The maximum absolute atomic E-state index is 13.6. The summed E-state index contributed by atoms with van der Waals surface area (Å²) in [6, 6.07) is 23.5. The van der Waals surface area contributed by atoms with Crippen molar-refractivity contribution >= 4 is 27.6 Å². The second kappa shape index (κ2) is 12.0. The molecule has 0 saturated carbocycles. The number of nitrogens with one attached hydrogen (secondary N) is 1. The molecule has 1 amide bonds. The fourth-order valence-corrected chi connectivity index (χ4v) is 4.63. The average Bonchev–Trinajstić information content (AvgIpc) is 2.87. The van der Waals surface area contributed by atoms with Gasteiger partial charge in [-0.3, -0.25) is 9.10 Å². The molecule has 0 unspecified atom stereocenters. The minimum absolute atomic E-state index is 0.0264. The highest BCUT2D eigenvalue weighted by Crippen LogP contribution is 2.26. The molecule has 8 nitrogen and oxygen atoms in total. The Kier molecular flexibility index (Phi) is 8.78. The molecule has 178 valence electrons. The predicted molar refractivity (Wildman–Crippen MR) is 128 cm³/mol. The van der Waals surface area contributed by atoms with Crippen LogP contribution in [0.1, 0.15) is 15.9 Å². The van der Waals surface area contributed by atoms with Gasteiger partial charge in [-0.05, 0) is 35.9 Å². The molecule has 0 saturated heterocycles. The summed E-state index contributed by atoms with van der Waals surface area (Å²) in [7, 11) is -2.52. The summed E-state index contributed by atoms with van der Waals surface area (Å²) in [6.45, 7) is 0.255. The SMILES string of the molecule is COCCNC(=O)COC(=O)c1cccc(S(=O)(=O)N(Cc2ccccc2)c2ccccc2)c1. The Morgan fingerprint density at radius 3 is 2.26 bits per heavy atom. The topological polar surface area (TPSA) is 102 Å². The van der Waals surface area contributed by atoms with Crippen molar-refractivity contribution in [3.63, 3.8) is 0 Å². The molecule has 9 heteroatoms. The molecule has 0 bridgehead atoms. The highest BCUT2D eigenvalue weighted by Gasteiger charge is 2.26. The summed E-state index contributed by atoms with van der Waals surface area (Å²) >= 11 is 0. The first-order chi connectivity index (χ1) is 16.4. The lowest BCUT2D eigenvalue weighted by Gasteiger charge is -2.25. The quantitative estimate of drug-likeness (QED) is 0.333. The number of esters is 1. The monoisotopic (exact) mass is 482 g/mol. The van der Waals surface area contributed by atoms with E-state index in [-0.39, 0.29) is 23.5 Å². The summed E-state index contributed by atoms with van der Waals surface area (Å²) < 4.78 is 38.4. The predicted octanol–water partition coefficient (Wildman–Crippen LogP) is 3.00. The number of rotatable bonds is 11. The third kappa shape index (κ3) is 6.66. The zero-order valence-electron chi connectivity index (χ0n) is 18.7. The van der Waals surface area contributed by atoms with E-state index in [1.807, 2.05) is 30.3 Å². The third-order valence-corrected chi connectivity index (χ3v) is 6.60. The normalized spacial score (nSPS) is 11.0. The molecule has 0 aliphatic heterocycles. The molecular weight excluding hydrogens is 456 g/mol. The number of benzene rings is 3. The first-order valence-corrected chi connectivity index (χ1v) is 12.0. The molecule has 0 radical (unpaired) electrons. The third-order valence-electron chi connectivity index (χ3n) is 4.83. The molecule has 0 aromatic heterocycles. The van der Waals surface area contributed by atoms with E-state index >= 15 is 0 Å². The van der Waals surface area contributed by atoms with Gasteiger partial charge < -0.3 is 14.8 Å². The fraction of sp³-hybridized carbons (Fsp3) is 0.200. The van der Waals surface area contributed by atoms with Crippen molar-refractivity contribution in [1.29, 1.82) is 0 Å². The summed E-state index contributed by atoms with van der Waals surface area (Å²) in [5.41, 5.74) is 1.33. The van der Waals surface area contributed by atoms with Crippen LogP contribution >= 0.6 is 0 Å². The van der Waals surface area contributed by atoms with Crippen LogP contribution in [0.15, 0.2) is 89.8 Å². The summed E-state index contributed by atoms with van der Waals surface area (Å²) in [5.74, 6) is -1.28. The summed E-state index contributed by atoms with van der Waals surface area (Å²) in [6.07, 6.45) is 0. The van der Waals surface area contributed by atoms with Gasteiger partial charge in [-0.25, -0.2) is 13.2 Å². The van der Waals surface area contributed by atoms with Gasteiger partial charge in [-0.1, -0.05) is 54.6 Å². The number of hydrogen-bond donors (Lipinski definition) is 1.